The first kappa shape index (κ1) is 21.1. The number of hydrogen-bond donors (Lipinski definition) is 1. The van der Waals surface area contributed by atoms with E-state index >= 15 is 0 Å². The molecular weight excluding hydrogens is 372 g/mol. The van der Waals surface area contributed by atoms with E-state index in [0.29, 0.717) is 18.1 Å². The largest absolute Gasteiger partial charge is 0.493 e. The van der Waals surface area contributed by atoms with E-state index in [1.54, 1.807) is 6.07 Å². The number of carbonyl (C=O) groups excluding carboxylic acids is 2. The standard InChI is InChI=1S/C20H21F2NO5/c1-4-27-17-8-5-13(9-18(17)26-3)20(25)28-11-19(24)23-12(2)15-7-6-14(21)10-16(15)22/h5-10,12H,4,11H2,1-3H3,(H,23,24)/t12-/m1/s1. The average Bonchev–Trinajstić information content (AvgIpc) is 2.66. The van der Waals surface area contributed by atoms with Gasteiger partial charge >= 0.3 is 5.97 Å². The van der Waals surface area contributed by atoms with Crippen LogP contribution in [0.15, 0.2) is 36.4 Å². The molecule has 28 heavy (non-hydrogen) atoms. The molecule has 0 radical (unpaired) electrons. The van der Waals surface area contributed by atoms with Crippen molar-refractivity contribution in [2.45, 2.75) is 19.9 Å². The summed E-state index contributed by atoms with van der Waals surface area (Å²) in [5.74, 6) is -1.99. The number of benzene rings is 2. The maximum absolute atomic E-state index is 13.7. The third-order valence-electron chi connectivity index (χ3n) is 3.84. The van der Waals surface area contributed by atoms with E-state index in [0.717, 1.165) is 12.1 Å². The van der Waals surface area contributed by atoms with Gasteiger partial charge in [-0.15, -0.1) is 0 Å². The maximum atomic E-state index is 13.7. The molecule has 1 N–H and O–H groups in total. The minimum Gasteiger partial charge on any atom is -0.493 e. The van der Waals surface area contributed by atoms with Gasteiger partial charge in [0.15, 0.2) is 18.1 Å². The highest BCUT2D eigenvalue weighted by Gasteiger charge is 2.17. The first-order valence-electron chi connectivity index (χ1n) is 8.58. The van der Waals surface area contributed by atoms with Crippen molar-refractivity contribution in [3.05, 3.63) is 59.2 Å². The van der Waals surface area contributed by atoms with Crippen molar-refractivity contribution in [2.24, 2.45) is 0 Å². The number of carbonyl (C=O) groups is 2. The minimum atomic E-state index is -0.772. The molecule has 0 aromatic heterocycles. The number of rotatable bonds is 8. The van der Waals surface area contributed by atoms with Crippen LogP contribution in [0.4, 0.5) is 8.78 Å². The number of esters is 1. The molecule has 0 aliphatic rings. The summed E-state index contributed by atoms with van der Waals surface area (Å²) in [6.07, 6.45) is 0. The van der Waals surface area contributed by atoms with Crippen LogP contribution >= 0.6 is 0 Å². The molecule has 2 aromatic rings. The first-order chi connectivity index (χ1) is 13.3. The zero-order chi connectivity index (χ0) is 20.7. The molecule has 0 bridgehead atoms. The van der Waals surface area contributed by atoms with Gasteiger partial charge in [-0.1, -0.05) is 6.07 Å². The third-order valence-corrected chi connectivity index (χ3v) is 3.84. The van der Waals surface area contributed by atoms with Crippen LogP contribution in [0.3, 0.4) is 0 Å². The second-order valence-electron chi connectivity index (χ2n) is 5.83. The summed E-state index contributed by atoms with van der Waals surface area (Å²) in [7, 11) is 1.44. The molecule has 0 unspecified atom stereocenters. The topological polar surface area (TPSA) is 73.9 Å². The van der Waals surface area contributed by atoms with E-state index in [2.05, 4.69) is 5.32 Å². The van der Waals surface area contributed by atoms with Crippen molar-refractivity contribution in [1.82, 2.24) is 5.32 Å². The Hall–Kier alpha value is -3.16. The molecule has 0 saturated carbocycles. The van der Waals surface area contributed by atoms with Gasteiger partial charge in [-0.05, 0) is 38.1 Å². The lowest BCUT2D eigenvalue weighted by molar-refractivity contribution is -0.124. The molecule has 1 atom stereocenters. The molecule has 0 saturated heterocycles. The van der Waals surface area contributed by atoms with Gasteiger partial charge in [-0.3, -0.25) is 4.79 Å². The third kappa shape index (κ3) is 5.42. The monoisotopic (exact) mass is 393 g/mol. The second-order valence-corrected chi connectivity index (χ2v) is 5.83. The number of hydrogen-bond acceptors (Lipinski definition) is 5. The molecule has 6 nitrogen and oxygen atoms in total. The summed E-state index contributed by atoms with van der Waals surface area (Å²) >= 11 is 0. The Labute approximate surface area is 161 Å². The Bertz CT molecular complexity index is 856. The van der Waals surface area contributed by atoms with Gasteiger partial charge in [0.05, 0.1) is 25.3 Å². The van der Waals surface area contributed by atoms with E-state index in [9.17, 15) is 18.4 Å². The lowest BCUT2D eigenvalue weighted by Gasteiger charge is -2.15. The molecule has 0 fully saturated rings. The molecule has 0 aliphatic carbocycles. The van der Waals surface area contributed by atoms with E-state index in [-0.39, 0.29) is 11.1 Å². The van der Waals surface area contributed by atoms with E-state index in [1.165, 1.54) is 32.2 Å². The van der Waals surface area contributed by atoms with E-state index in [4.69, 9.17) is 14.2 Å². The summed E-state index contributed by atoms with van der Waals surface area (Å²) < 4.78 is 42.2. The summed E-state index contributed by atoms with van der Waals surface area (Å²) in [4.78, 5) is 24.1. The van der Waals surface area contributed by atoms with Crippen LogP contribution in [0, 0.1) is 11.6 Å². The quantitative estimate of drug-likeness (QED) is 0.696. The number of ether oxygens (including phenoxy) is 3. The Morgan fingerprint density at radius 3 is 2.50 bits per heavy atom. The minimum absolute atomic E-state index is 0.123. The maximum Gasteiger partial charge on any atom is 0.338 e. The first-order valence-corrected chi connectivity index (χ1v) is 8.58. The van der Waals surface area contributed by atoms with E-state index < -0.39 is 36.2 Å². The Morgan fingerprint density at radius 2 is 1.86 bits per heavy atom. The van der Waals surface area contributed by atoms with Crippen LogP contribution in [-0.2, 0) is 9.53 Å². The second kappa shape index (κ2) is 9.68. The molecule has 0 aliphatic heterocycles. The van der Waals surface area contributed by atoms with Crippen LogP contribution in [0.2, 0.25) is 0 Å². The van der Waals surface area contributed by atoms with E-state index in [1.807, 2.05) is 6.92 Å². The predicted octanol–water partition coefficient (Wildman–Crippen LogP) is 3.41. The smallest absolute Gasteiger partial charge is 0.338 e. The summed E-state index contributed by atoms with van der Waals surface area (Å²) in [5.41, 5.74) is 0.308. The molecule has 2 aromatic carbocycles. The lowest BCUT2D eigenvalue weighted by atomic mass is 10.1. The van der Waals surface area contributed by atoms with Crippen molar-refractivity contribution < 1.29 is 32.6 Å². The molecule has 0 spiro atoms. The highest BCUT2D eigenvalue weighted by Crippen LogP contribution is 2.28. The zero-order valence-electron chi connectivity index (χ0n) is 15.8. The highest BCUT2D eigenvalue weighted by atomic mass is 19.1. The van der Waals surface area contributed by atoms with Gasteiger partial charge in [-0.2, -0.15) is 0 Å². The normalized spacial score (nSPS) is 11.5. The van der Waals surface area contributed by atoms with Crippen molar-refractivity contribution in [2.75, 3.05) is 20.3 Å². The number of methoxy groups -OCH3 is 1. The molecular formula is C20H21F2NO5. The molecule has 1 amide bonds. The highest BCUT2D eigenvalue weighted by molar-refractivity contribution is 5.92. The average molecular weight is 393 g/mol. The summed E-state index contributed by atoms with van der Waals surface area (Å²) in [5, 5.41) is 2.49. The Kier molecular flexibility index (Phi) is 7.31. The zero-order valence-corrected chi connectivity index (χ0v) is 15.8. The number of amides is 1. The van der Waals surface area contributed by atoms with Crippen LogP contribution in [0.25, 0.3) is 0 Å². The molecule has 0 heterocycles. The van der Waals surface area contributed by atoms with Crippen LogP contribution in [0.5, 0.6) is 11.5 Å². The fraction of sp³-hybridized carbons (Fsp3) is 0.300. The Morgan fingerprint density at radius 1 is 1.11 bits per heavy atom. The van der Waals surface area contributed by atoms with Crippen molar-refractivity contribution >= 4 is 11.9 Å². The molecule has 150 valence electrons. The van der Waals surface area contributed by atoms with Crippen molar-refractivity contribution in [3.8, 4) is 11.5 Å². The van der Waals surface area contributed by atoms with Gasteiger partial charge in [-0.25, -0.2) is 13.6 Å². The predicted molar refractivity (Wildman–Crippen MR) is 97.4 cm³/mol. The van der Waals surface area contributed by atoms with Gasteiger partial charge in [0.25, 0.3) is 5.91 Å². The fourth-order valence-electron chi connectivity index (χ4n) is 2.50. The van der Waals surface area contributed by atoms with Crippen molar-refractivity contribution in [3.63, 3.8) is 0 Å². The summed E-state index contributed by atoms with van der Waals surface area (Å²) in [6.45, 7) is 3.24. The lowest BCUT2D eigenvalue weighted by Crippen LogP contribution is -2.31. The van der Waals surface area contributed by atoms with Crippen LogP contribution in [0.1, 0.15) is 35.8 Å². The SMILES string of the molecule is CCOc1ccc(C(=O)OCC(=O)N[C@H](C)c2ccc(F)cc2F)cc1OC. The molecule has 2 rings (SSSR count). The number of nitrogens with one attached hydrogen (secondary N) is 1. The van der Waals surface area contributed by atoms with Crippen LogP contribution < -0.4 is 14.8 Å². The van der Waals surface area contributed by atoms with Gasteiger partial charge in [0, 0.05) is 11.6 Å². The van der Waals surface area contributed by atoms with Gasteiger partial charge < -0.3 is 19.5 Å². The van der Waals surface area contributed by atoms with Gasteiger partial charge in [0.1, 0.15) is 11.6 Å². The number of halogens is 2. The Balaban J connectivity index is 1.94. The van der Waals surface area contributed by atoms with Crippen molar-refractivity contribution in [1.29, 1.82) is 0 Å². The summed E-state index contributed by atoms with van der Waals surface area (Å²) in [6, 6.07) is 6.85. The van der Waals surface area contributed by atoms with Gasteiger partial charge in [0.2, 0.25) is 0 Å². The van der Waals surface area contributed by atoms with Crippen LogP contribution in [-0.4, -0.2) is 32.2 Å². The fourth-order valence-corrected chi connectivity index (χ4v) is 2.50. The molecule has 8 heteroatoms.